The minimum absolute atomic E-state index is 0.138. The van der Waals surface area contributed by atoms with E-state index in [4.69, 9.17) is 0 Å². The van der Waals surface area contributed by atoms with E-state index in [1.54, 1.807) is 38.1 Å². The number of hydrogen-bond donors (Lipinski definition) is 0. The average Bonchev–Trinajstić information content (AvgIpc) is 2.29. The summed E-state index contributed by atoms with van der Waals surface area (Å²) in [6.07, 6.45) is 0. The van der Waals surface area contributed by atoms with Crippen LogP contribution in [0.4, 0.5) is 0 Å². The van der Waals surface area contributed by atoms with Crippen molar-refractivity contribution in [1.82, 2.24) is 9.97 Å². The largest absolute Gasteiger partial charge is 0.252 e. The fourth-order valence-electron chi connectivity index (χ4n) is 1.52. The van der Waals surface area contributed by atoms with Crippen LogP contribution in [0.2, 0.25) is 0 Å². The van der Waals surface area contributed by atoms with Gasteiger partial charge in [-0.1, -0.05) is 18.2 Å². The fraction of sp³-hybridized carbons (Fsp3) is 0.167. The summed E-state index contributed by atoms with van der Waals surface area (Å²) < 4.78 is 24.4. The van der Waals surface area contributed by atoms with E-state index >= 15 is 0 Å². The highest BCUT2D eigenvalue weighted by Crippen LogP contribution is 2.17. The van der Waals surface area contributed by atoms with E-state index in [9.17, 15) is 8.42 Å². The van der Waals surface area contributed by atoms with Gasteiger partial charge in [-0.25, -0.2) is 18.4 Å². The Balaban J connectivity index is 2.60. The third-order valence-electron chi connectivity index (χ3n) is 2.26. The van der Waals surface area contributed by atoms with E-state index in [2.05, 4.69) is 9.97 Å². The predicted octanol–water partition coefficient (Wildman–Crippen LogP) is 1.93. The molecule has 1 aromatic heterocycles. The maximum atomic E-state index is 12.2. The Morgan fingerprint density at radius 1 is 0.941 bits per heavy atom. The van der Waals surface area contributed by atoms with Gasteiger partial charge in [-0.05, 0) is 32.0 Å². The molecule has 0 aliphatic heterocycles. The van der Waals surface area contributed by atoms with Gasteiger partial charge in [0.05, 0.1) is 4.90 Å². The van der Waals surface area contributed by atoms with E-state index in [1.165, 1.54) is 12.1 Å². The maximum absolute atomic E-state index is 12.2. The minimum Gasteiger partial charge on any atom is -0.223 e. The number of nitrogens with zero attached hydrogens (tertiary/aromatic N) is 2. The van der Waals surface area contributed by atoms with E-state index in [0.717, 1.165) is 0 Å². The second kappa shape index (κ2) is 4.25. The second-order valence-electron chi connectivity index (χ2n) is 3.75. The normalized spacial score (nSPS) is 11.4. The molecule has 0 saturated carbocycles. The van der Waals surface area contributed by atoms with E-state index < -0.39 is 9.84 Å². The summed E-state index contributed by atoms with van der Waals surface area (Å²) in [5, 5.41) is -0.138. The van der Waals surface area contributed by atoms with Crippen LogP contribution in [-0.2, 0) is 9.84 Å². The first-order valence-electron chi connectivity index (χ1n) is 5.12. The van der Waals surface area contributed by atoms with Gasteiger partial charge >= 0.3 is 0 Å². The molecule has 0 unspecified atom stereocenters. The van der Waals surface area contributed by atoms with Crippen molar-refractivity contribution in [1.29, 1.82) is 0 Å². The van der Waals surface area contributed by atoms with Crippen LogP contribution in [0.25, 0.3) is 0 Å². The summed E-state index contributed by atoms with van der Waals surface area (Å²) in [5.41, 5.74) is 1.29. The summed E-state index contributed by atoms with van der Waals surface area (Å²) in [5.74, 6) is 0. The molecule has 0 radical (unpaired) electrons. The molecule has 5 heteroatoms. The van der Waals surface area contributed by atoms with E-state index in [0.29, 0.717) is 11.4 Å². The fourth-order valence-corrected chi connectivity index (χ4v) is 2.77. The van der Waals surface area contributed by atoms with Crippen LogP contribution in [-0.4, -0.2) is 18.4 Å². The SMILES string of the molecule is Cc1cc(C)nc(S(=O)(=O)c2ccccc2)n1. The van der Waals surface area contributed by atoms with Gasteiger partial charge in [0.1, 0.15) is 0 Å². The highest BCUT2D eigenvalue weighted by molar-refractivity contribution is 7.91. The molecule has 0 aliphatic carbocycles. The minimum atomic E-state index is -3.61. The zero-order valence-corrected chi connectivity index (χ0v) is 10.4. The average molecular weight is 248 g/mol. The molecule has 0 fully saturated rings. The molecule has 2 rings (SSSR count). The van der Waals surface area contributed by atoms with Gasteiger partial charge in [-0.3, -0.25) is 0 Å². The molecule has 0 amide bonds. The van der Waals surface area contributed by atoms with E-state index in [1.807, 2.05) is 0 Å². The quantitative estimate of drug-likeness (QED) is 0.762. The van der Waals surface area contributed by atoms with Gasteiger partial charge in [-0.15, -0.1) is 0 Å². The molecule has 0 spiro atoms. The smallest absolute Gasteiger partial charge is 0.223 e. The molecule has 88 valence electrons. The van der Waals surface area contributed by atoms with Gasteiger partial charge in [0.15, 0.2) is 0 Å². The van der Waals surface area contributed by atoms with Crippen LogP contribution >= 0.6 is 0 Å². The van der Waals surface area contributed by atoms with Crippen molar-refractivity contribution in [3.8, 4) is 0 Å². The van der Waals surface area contributed by atoms with Gasteiger partial charge in [0.25, 0.3) is 5.16 Å². The molecule has 4 nitrogen and oxygen atoms in total. The molecule has 0 saturated heterocycles. The molecule has 0 atom stereocenters. The van der Waals surface area contributed by atoms with Gasteiger partial charge in [0.2, 0.25) is 9.84 Å². The Bertz CT molecular complexity index is 617. The summed E-state index contributed by atoms with van der Waals surface area (Å²) in [6, 6.07) is 9.93. The number of aromatic nitrogens is 2. The Morgan fingerprint density at radius 2 is 1.47 bits per heavy atom. The molecule has 0 bridgehead atoms. The van der Waals surface area contributed by atoms with Gasteiger partial charge in [-0.2, -0.15) is 0 Å². The Kier molecular flexibility index (Phi) is 2.93. The topological polar surface area (TPSA) is 59.9 Å². The first-order valence-corrected chi connectivity index (χ1v) is 6.61. The lowest BCUT2D eigenvalue weighted by Gasteiger charge is -2.04. The third-order valence-corrected chi connectivity index (χ3v) is 3.81. The summed E-state index contributed by atoms with van der Waals surface area (Å²) in [4.78, 5) is 8.18. The van der Waals surface area contributed by atoms with Crippen molar-refractivity contribution in [3.05, 3.63) is 47.8 Å². The number of benzene rings is 1. The first-order chi connectivity index (χ1) is 8.00. The predicted molar refractivity (Wildman–Crippen MR) is 63.4 cm³/mol. The summed E-state index contributed by atoms with van der Waals surface area (Å²) >= 11 is 0. The van der Waals surface area contributed by atoms with Gasteiger partial charge < -0.3 is 0 Å². The molecule has 0 aliphatic rings. The van der Waals surface area contributed by atoms with Crippen molar-refractivity contribution in [2.24, 2.45) is 0 Å². The number of aryl methyl sites for hydroxylation is 2. The lowest BCUT2D eigenvalue weighted by Crippen LogP contribution is -2.08. The zero-order chi connectivity index (χ0) is 12.5. The van der Waals surface area contributed by atoms with Crippen LogP contribution in [0, 0.1) is 13.8 Å². The molecular weight excluding hydrogens is 236 g/mol. The zero-order valence-electron chi connectivity index (χ0n) is 9.58. The van der Waals surface area contributed by atoms with Crippen LogP contribution in [0.15, 0.2) is 46.5 Å². The molecule has 2 aromatic rings. The van der Waals surface area contributed by atoms with E-state index in [-0.39, 0.29) is 10.1 Å². The van der Waals surface area contributed by atoms with Crippen molar-refractivity contribution in [3.63, 3.8) is 0 Å². The molecular formula is C12H12N2O2S. The lowest BCUT2D eigenvalue weighted by atomic mass is 10.4. The standard InChI is InChI=1S/C12H12N2O2S/c1-9-8-10(2)14-12(13-9)17(15,16)11-6-4-3-5-7-11/h3-8H,1-2H3. The third kappa shape index (κ3) is 2.34. The van der Waals surface area contributed by atoms with Crippen LogP contribution in [0.1, 0.15) is 11.4 Å². The number of sulfone groups is 1. The summed E-state index contributed by atoms with van der Waals surface area (Å²) in [6.45, 7) is 3.50. The van der Waals surface area contributed by atoms with Crippen LogP contribution < -0.4 is 0 Å². The number of rotatable bonds is 2. The Morgan fingerprint density at radius 3 is 2.00 bits per heavy atom. The second-order valence-corrected chi connectivity index (χ2v) is 5.59. The monoisotopic (exact) mass is 248 g/mol. The highest BCUT2D eigenvalue weighted by Gasteiger charge is 2.21. The summed E-state index contributed by atoms with van der Waals surface area (Å²) in [7, 11) is -3.61. The molecule has 0 N–H and O–H groups in total. The van der Waals surface area contributed by atoms with Crippen molar-refractivity contribution >= 4 is 9.84 Å². The number of hydrogen-bond acceptors (Lipinski definition) is 4. The first kappa shape index (κ1) is 11.7. The Hall–Kier alpha value is -1.75. The van der Waals surface area contributed by atoms with Crippen LogP contribution in [0.3, 0.4) is 0 Å². The lowest BCUT2D eigenvalue weighted by molar-refractivity contribution is 0.585. The van der Waals surface area contributed by atoms with Crippen molar-refractivity contribution in [2.75, 3.05) is 0 Å². The maximum Gasteiger partial charge on any atom is 0.252 e. The van der Waals surface area contributed by atoms with Crippen LogP contribution in [0.5, 0.6) is 0 Å². The Labute approximate surface area is 100 Å². The molecule has 1 aromatic carbocycles. The molecule has 1 heterocycles. The molecule has 17 heavy (non-hydrogen) atoms. The highest BCUT2D eigenvalue weighted by atomic mass is 32.2. The van der Waals surface area contributed by atoms with Gasteiger partial charge in [0, 0.05) is 11.4 Å². The van der Waals surface area contributed by atoms with Crippen molar-refractivity contribution < 1.29 is 8.42 Å². The van der Waals surface area contributed by atoms with Crippen molar-refractivity contribution in [2.45, 2.75) is 23.9 Å².